The van der Waals surface area contributed by atoms with E-state index in [2.05, 4.69) is 54.9 Å². The number of allylic oxidation sites excluding steroid dienone is 4. The maximum Gasteiger partial charge on any atom is 0.156 e. The number of nitrogens with zero attached hydrogens (tertiary/aromatic N) is 1. The van der Waals surface area contributed by atoms with Crippen LogP contribution >= 0.6 is 0 Å². The molecule has 1 aromatic carbocycles. The molecule has 0 bridgehead atoms. The van der Waals surface area contributed by atoms with Crippen molar-refractivity contribution in [2.24, 2.45) is 28.6 Å². The Hall–Kier alpha value is -2.60. The van der Waals surface area contributed by atoms with Gasteiger partial charge in [0.15, 0.2) is 5.78 Å². The summed E-state index contributed by atoms with van der Waals surface area (Å²) in [7, 11) is 0. The van der Waals surface area contributed by atoms with Crippen molar-refractivity contribution in [1.82, 2.24) is 0 Å². The van der Waals surface area contributed by atoms with Crippen LogP contribution in [0.3, 0.4) is 0 Å². The minimum atomic E-state index is -0.559. The standard InChI is InChI=1S/C35H43NO2/c1-5-16-35(24(3)37)17-15-32-30-20-23(2)29-21-27(38)13-14-28(29)33(30)31(22-34(32,35)4)25-9-11-26(12-10-25)36-18-7-6-8-19-36/h9-12,21,23,30-32H,6-8,13-15,17-20,22H2,1-4H3/t23?,30-,31?,32-,34-,35+/m0/s1. The number of anilines is 1. The van der Waals surface area contributed by atoms with Crippen molar-refractivity contribution in [1.29, 1.82) is 0 Å². The summed E-state index contributed by atoms with van der Waals surface area (Å²) in [6, 6.07) is 9.41. The lowest BCUT2D eigenvalue weighted by Gasteiger charge is -2.55. The first-order chi connectivity index (χ1) is 18.3. The lowest BCUT2D eigenvalue weighted by Crippen LogP contribution is -2.50. The Morgan fingerprint density at radius 3 is 2.50 bits per heavy atom. The lowest BCUT2D eigenvalue weighted by molar-refractivity contribution is -0.130. The fourth-order valence-corrected chi connectivity index (χ4v) is 9.43. The molecule has 4 aliphatic carbocycles. The number of ketones is 2. The van der Waals surface area contributed by atoms with Crippen LogP contribution in [0.15, 0.2) is 47.1 Å². The molecule has 3 nitrogen and oxygen atoms in total. The topological polar surface area (TPSA) is 37.4 Å². The van der Waals surface area contributed by atoms with E-state index in [4.69, 9.17) is 0 Å². The Morgan fingerprint density at radius 1 is 1.08 bits per heavy atom. The van der Waals surface area contributed by atoms with Gasteiger partial charge >= 0.3 is 0 Å². The predicted molar refractivity (Wildman–Crippen MR) is 154 cm³/mol. The zero-order valence-electron chi connectivity index (χ0n) is 23.7. The number of fused-ring (bicyclic) bond motifs is 4. The number of carbonyl (C=O) groups excluding carboxylic acids is 2. The van der Waals surface area contributed by atoms with Crippen molar-refractivity contribution in [3.8, 4) is 11.8 Å². The molecule has 3 fully saturated rings. The highest BCUT2D eigenvalue weighted by atomic mass is 16.1. The van der Waals surface area contributed by atoms with Crippen molar-refractivity contribution in [2.45, 2.75) is 91.4 Å². The maximum absolute atomic E-state index is 13.4. The van der Waals surface area contributed by atoms with Crippen molar-refractivity contribution < 1.29 is 9.59 Å². The lowest BCUT2D eigenvalue weighted by atomic mass is 9.47. The van der Waals surface area contributed by atoms with Crippen LogP contribution in [0.25, 0.3) is 0 Å². The maximum atomic E-state index is 13.4. The number of benzene rings is 1. The fraction of sp³-hybridized carbons (Fsp3) is 0.600. The average molecular weight is 510 g/mol. The third-order valence-corrected chi connectivity index (χ3v) is 11.2. The van der Waals surface area contributed by atoms with Gasteiger partial charge < -0.3 is 4.90 Å². The summed E-state index contributed by atoms with van der Waals surface area (Å²) >= 11 is 0. The first-order valence-corrected chi connectivity index (χ1v) is 15.1. The SMILES string of the molecule is CC#C[C@]1(C(C)=O)CC[C@H]2[C@@H]3CC(C)C4=CC(=O)CCC4=C3C(c3ccc(N4CCCCC4)cc3)C[C@@]21C. The molecular weight excluding hydrogens is 466 g/mol. The van der Waals surface area contributed by atoms with Gasteiger partial charge in [-0.05, 0) is 123 Å². The molecule has 1 aromatic rings. The number of hydrogen-bond donors (Lipinski definition) is 0. The van der Waals surface area contributed by atoms with Crippen molar-refractivity contribution in [3.05, 3.63) is 52.6 Å². The second kappa shape index (κ2) is 9.55. The van der Waals surface area contributed by atoms with Gasteiger partial charge in [-0.3, -0.25) is 9.59 Å². The molecule has 38 heavy (non-hydrogen) atoms. The molecule has 2 saturated carbocycles. The number of carbonyl (C=O) groups is 2. The summed E-state index contributed by atoms with van der Waals surface area (Å²) in [5, 5.41) is 0. The molecule has 1 aliphatic heterocycles. The van der Waals surface area contributed by atoms with Gasteiger partial charge in [-0.15, -0.1) is 5.92 Å². The summed E-state index contributed by atoms with van der Waals surface area (Å²) < 4.78 is 0. The average Bonchev–Trinajstić information content (AvgIpc) is 3.22. The number of hydrogen-bond acceptors (Lipinski definition) is 3. The van der Waals surface area contributed by atoms with Gasteiger partial charge in [-0.2, -0.15) is 0 Å². The first kappa shape index (κ1) is 25.7. The van der Waals surface area contributed by atoms with Crippen LogP contribution in [-0.4, -0.2) is 24.7 Å². The smallest absolute Gasteiger partial charge is 0.156 e. The fourth-order valence-electron chi connectivity index (χ4n) is 9.43. The van der Waals surface area contributed by atoms with Crippen LogP contribution in [0.2, 0.25) is 0 Å². The van der Waals surface area contributed by atoms with Crippen molar-refractivity contribution >= 4 is 17.3 Å². The number of piperidine rings is 1. The highest BCUT2D eigenvalue weighted by molar-refractivity contribution is 5.93. The third-order valence-electron chi connectivity index (χ3n) is 11.2. The first-order valence-electron chi connectivity index (χ1n) is 15.1. The second-order valence-corrected chi connectivity index (χ2v) is 13.0. The molecule has 1 heterocycles. The highest BCUT2D eigenvalue weighted by Gasteiger charge is 2.65. The largest absolute Gasteiger partial charge is 0.372 e. The number of Topliss-reactive ketones (excluding diaryl/α,β-unsaturated/α-hetero) is 1. The Morgan fingerprint density at radius 2 is 1.82 bits per heavy atom. The van der Waals surface area contributed by atoms with Crippen LogP contribution in [0.5, 0.6) is 0 Å². The van der Waals surface area contributed by atoms with E-state index in [9.17, 15) is 9.59 Å². The highest BCUT2D eigenvalue weighted by Crippen LogP contribution is 2.70. The molecule has 200 valence electrons. The molecule has 6 atom stereocenters. The molecule has 6 rings (SSSR count). The van der Waals surface area contributed by atoms with Gasteiger partial charge in [0.05, 0.1) is 5.41 Å². The quantitative estimate of drug-likeness (QED) is 0.398. The van der Waals surface area contributed by atoms with Crippen LogP contribution in [0.1, 0.15) is 97.0 Å². The van der Waals surface area contributed by atoms with E-state index in [1.807, 2.05) is 13.0 Å². The van der Waals surface area contributed by atoms with E-state index in [0.29, 0.717) is 24.2 Å². The van der Waals surface area contributed by atoms with Crippen molar-refractivity contribution in [2.75, 3.05) is 18.0 Å². The minimum Gasteiger partial charge on any atom is -0.372 e. The summed E-state index contributed by atoms with van der Waals surface area (Å²) in [5.74, 6) is 8.80. The van der Waals surface area contributed by atoms with E-state index < -0.39 is 5.41 Å². The van der Waals surface area contributed by atoms with Crippen LogP contribution < -0.4 is 4.90 Å². The Labute approximate surface area is 229 Å². The molecule has 0 radical (unpaired) electrons. The Balaban J connectivity index is 1.49. The zero-order chi connectivity index (χ0) is 26.7. The summed E-state index contributed by atoms with van der Waals surface area (Å²) in [6.45, 7) is 10.7. The van der Waals surface area contributed by atoms with Gasteiger partial charge in [0.1, 0.15) is 5.78 Å². The molecule has 1 saturated heterocycles. The van der Waals surface area contributed by atoms with Gasteiger partial charge in [-0.1, -0.05) is 37.5 Å². The monoisotopic (exact) mass is 509 g/mol. The normalized spacial score (nSPS) is 36.5. The van der Waals surface area contributed by atoms with Gasteiger partial charge in [0, 0.05) is 31.1 Å². The molecule has 0 spiro atoms. The Bertz CT molecular complexity index is 1270. The van der Waals surface area contributed by atoms with Gasteiger partial charge in [-0.25, -0.2) is 0 Å². The molecule has 2 unspecified atom stereocenters. The molecule has 0 N–H and O–H groups in total. The molecule has 3 heteroatoms. The minimum absolute atomic E-state index is 0.155. The van der Waals surface area contributed by atoms with Gasteiger partial charge in [0.25, 0.3) is 0 Å². The molecule has 0 amide bonds. The van der Waals surface area contributed by atoms with Crippen LogP contribution in [0.4, 0.5) is 5.69 Å². The summed E-state index contributed by atoms with van der Waals surface area (Å²) in [4.78, 5) is 28.4. The Kier molecular flexibility index (Phi) is 6.45. The molecule has 5 aliphatic rings. The zero-order valence-corrected chi connectivity index (χ0v) is 23.7. The van der Waals surface area contributed by atoms with E-state index >= 15 is 0 Å². The van der Waals surface area contributed by atoms with Crippen LogP contribution in [-0.2, 0) is 9.59 Å². The van der Waals surface area contributed by atoms with E-state index in [1.165, 1.54) is 41.7 Å². The van der Waals surface area contributed by atoms with Crippen molar-refractivity contribution in [3.63, 3.8) is 0 Å². The van der Waals surface area contributed by atoms with Gasteiger partial charge in [0.2, 0.25) is 0 Å². The number of rotatable bonds is 3. The van der Waals surface area contributed by atoms with E-state index in [1.54, 1.807) is 12.5 Å². The van der Waals surface area contributed by atoms with E-state index in [-0.39, 0.29) is 22.9 Å². The third kappa shape index (κ3) is 3.77. The summed E-state index contributed by atoms with van der Waals surface area (Å²) in [5.41, 5.74) is 6.36. The predicted octanol–water partition coefficient (Wildman–Crippen LogP) is 7.42. The summed E-state index contributed by atoms with van der Waals surface area (Å²) in [6.07, 6.45) is 11.3. The molecular formula is C35H43NO2. The van der Waals surface area contributed by atoms with Crippen LogP contribution in [0, 0.1) is 40.4 Å². The van der Waals surface area contributed by atoms with E-state index in [0.717, 1.165) is 45.2 Å². The second-order valence-electron chi connectivity index (χ2n) is 13.0. The molecule has 0 aromatic heterocycles.